The zero-order valence-corrected chi connectivity index (χ0v) is 12.9. The van der Waals surface area contributed by atoms with E-state index in [0.29, 0.717) is 11.6 Å². The monoisotopic (exact) mass is 298 g/mol. The Bertz CT molecular complexity index is 635. The van der Waals surface area contributed by atoms with Gasteiger partial charge < -0.3 is 5.32 Å². The van der Waals surface area contributed by atoms with Crippen molar-refractivity contribution in [1.82, 2.24) is 15.2 Å². The fourth-order valence-corrected chi connectivity index (χ4v) is 3.47. The van der Waals surface area contributed by atoms with Gasteiger partial charge >= 0.3 is 0 Å². The van der Waals surface area contributed by atoms with Crippen LogP contribution in [0.15, 0.2) is 29.6 Å². The van der Waals surface area contributed by atoms with Gasteiger partial charge in [-0.05, 0) is 19.1 Å². The number of nitrogens with one attached hydrogen (secondary N) is 1. The van der Waals surface area contributed by atoms with Gasteiger partial charge in [0.1, 0.15) is 5.01 Å². The molecule has 1 N–H and O–H groups in total. The van der Waals surface area contributed by atoms with Crippen LogP contribution < -0.4 is 5.32 Å². The fourth-order valence-electron chi connectivity index (χ4n) is 2.55. The maximum absolute atomic E-state index is 8.85. The number of nitrogens with zero attached hydrogens (tertiary/aromatic N) is 3. The molecule has 0 amide bonds. The molecule has 1 aromatic carbocycles. The van der Waals surface area contributed by atoms with Crippen LogP contribution in [-0.4, -0.2) is 36.1 Å². The predicted molar refractivity (Wildman–Crippen MR) is 85.1 cm³/mol. The van der Waals surface area contributed by atoms with Gasteiger partial charge in [-0.3, -0.25) is 4.90 Å². The molecule has 0 aliphatic carbocycles. The van der Waals surface area contributed by atoms with Crippen LogP contribution in [0.2, 0.25) is 0 Å². The molecular formula is C16H18N4S. The molecule has 1 fully saturated rings. The summed E-state index contributed by atoms with van der Waals surface area (Å²) >= 11 is 1.72. The second kappa shape index (κ2) is 6.35. The van der Waals surface area contributed by atoms with Crippen molar-refractivity contribution in [2.45, 2.75) is 13.0 Å². The van der Waals surface area contributed by atoms with Crippen LogP contribution in [0.25, 0.3) is 11.3 Å². The number of benzene rings is 1. The highest BCUT2D eigenvalue weighted by atomic mass is 32.1. The summed E-state index contributed by atoms with van der Waals surface area (Å²) < 4.78 is 0. The van der Waals surface area contributed by atoms with Crippen molar-refractivity contribution in [2.24, 2.45) is 0 Å². The molecule has 21 heavy (non-hydrogen) atoms. The van der Waals surface area contributed by atoms with Gasteiger partial charge in [0.2, 0.25) is 0 Å². The smallest absolute Gasteiger partial charge is 0.110 e. The lowest BCUT2D eigenvalue weighted by Gasteiger charge is -2.31. The second-order valence-corrected chi connectivity index (χ2v) is 6.11. The molecule has 5 heteroatoms. The Hall–Kier alpha value is -1.74. The summed E-state index contributed by atoms with van der Waals surface area (Å²) in [4.78, 5) is 7.25. The van der Waals surface area contributed by atoms with Crippen LogP contribution in [0, 0.1) is 11.3 Å². The lowest BCUT2D eigenvalue weighted by Crippen LogP contribution is -2.44. The van der Waals surface area contributed by atoms with E-state index in [2.05, 4.69) is 28.6 Å². The van der Waals surface area contributed by atoms with E-state index in [1.807, 2.05) is 24.3 Å². The average Bonchev–Trinajstić information content (AvgIpc) is 3.05. The highest BCUT2D eigenvalue weighted by molar-refractivity contribution is 7.10. The molecule has 1 aromatic heterocycles. The summed E-state index contributed by atoms with van der Waals surface area (Å²) in [6.45, 7) is 6.49. The minimum atomic E-state index is 0.365. The van der Waals surface area contributed by atoms with Crippen LogP contribution in [0.4, 0.5) is 0 Å². The van der Waals surface area contributed by atoms with Gasteiger partial charge in [0, 0.05) is 37.1 Å². The van der Waals surface area contributed by atoms with Crippen molar-refractivity contribution in [3.05, 3.63) is 40.2 Å². The highest BCUT2D eigenvalue weighted by Gasteiger charge is 2.20. The first-order valence-electron chi connectivity index (χ1n) is 7.18. The minimum Gasteiger partial charge on any atom is -0.314 e. The van der Waals surface area contributed by atoms with Gasteiger partial charge in [0.25, 0.3) is 0 Å². The molecule has 0 saturated carbocycles. The van der Waals surface area contributed by atoms with Crippen molar-refractivity contribution in [2.75, 3.05) is 26.2 Å². The number of rotatable bonds is 3. The highest BCUT2D eigenvalue weighted by Crippen LogP contribution is 2.28. The van der Waals surface area contributed by atoms with E-state index < -0.39 is 0 Å². The van der Waals surface area contributed by atoms with Crippen molar-refractivity contribution < 1.29 is 0 Å². The lowest BCUT2D eigenvalue weighted by atomic mass is 10.1. The SMILES string of the molecule is CC(c1nc(-c2ccc(C#N)cc2)cs1)N1CCNCC1. The number of hydrogen-bond donors (Lipinski definition) is 1. The van der Waals surface area contributed by atoms with Gasteiger partial charge in [-0.25, -0.2) is 4.98 Å². The largest absolute Gasteiger partial charge is 0.314 e. The first-order valence-corrected chi connectivity index (χ1v) is 8.06. The topological polar surface area (TPSA) is 52.0 Å². The van der Waals surface area contributed by atoms with E-state index in [-0.39, 0.29) is 0 Å². The van der Waals surface area contributed by atoms with Crippen molar-refractivity contribution in [3.8, 4) is 17.3 Å². The van der Waals surface area contributed by atoms with E-state index in [4.69, 9.17) is 10.2 Å². The van der Waals surface area contributed by atoms with E-state index >= 15 is 0 Å². The maximum atomic E-state index is 8.85. The van der Waals surface area contributed by atoms with Gasteiger partial charge in [-0.2, -0.15) is 5.26 Å². The molecule has 1 aliphatic rings. The van der Waals surface area contributed by atoms with Gasteiger partial charge in [-0.15, -0.1) is 11.3 Å². The molecule has 4 nitrogen and oxygen atoms in total. The number of hydrogen-bond acceptors (Lipinski definition) is 5. The molecule has 0 radical (unpaired) electrons. The van der Waals surface area contributed by atoms with Crippen molar-refractivity contribution in [1.29, 1.82) is 5.26 Å². The van der Waals surface area contributed by atoms with Crippen LogP contribution >= 0.6 is 11.3 Å². The quantitative estimate of drug-likeness (QED) is 0.946. The van der Waals surface area contributed by atoms with E-state index in [9.17, 15) is 0 Å². The number of nitriles is 1. The molecular weight excluding hydrogens is 280 g/mol. The minimum absolute atomic E-state index is 0.365. The molecule has 2 aromatic rings. The number of aromatic nitrogens is 1. The Labute approximate surface area is 129 Å². The molecule has 3 rings (SSSR count). The third-order valence-corrected chi connectivity index (χ3v) is 4.90. The van der Waals surface area contributed by atoms with Crippen LogP contribution in [0.1, 0.15) is 23.5 Å². The van der Waals surface area contributed by atoms with Crippen LogP contribution in [-0.2, 0) is 0 Å². The Morgan fingerprint density at radius 1 is 1.29 bits per heavy atom. The Kier molecular flexibility index (Phi) is 4.30. The maximum Gasteiger partial charge on any atom is 0.110 e. The first kappa shape index (κ1) is 14.2. The normalized spacial score (nSPS) is 17.3. The fraction of sp³-hybridized carbons (Fsp3) is 0.375. The molecule has 2 heterocycles. The molecule has 0 bridgehead atoms. The third-order valence-electron chi connectivity index (χ3n) is 3.89. The summed E-state index contributed by atoms with van der Waals surface area (Å²) in [6, 6.07) is 10.1. The third kappa shape index (κ3) is 3.13. The van der Waals surface area contributed by atoms with E-state index in [1.54, 1.807) is 11.3 Å². The number of thiazole rings is 1. The number of piperazine rings is 1. The van der Waals surface area contributed by atoms with Crippen molar-refractivity contribution >= 4 is 11.3 Å². The second-order valence-electron chi connectivity index (χ2n) is 5.22. The van der Waals surface area contributed by atoms with E-state index in [0.717, 1.165) is 42.4 Å². The van der Waals surface area contributed by atoms with Gasteiger partial charge in [0.05, 0.1) is 23.4 Å². The molecule has 1 unspecified atom stereocenters. The van der Waals surface area contributed by atoms with Crippen LogP contribution in [0.5, 0.6) is 0 Å². The zero-order chi connectivity index (χ0) is 14.7. The first-order chi connectivity index (χ1) is 10.3. The molecule has 1 aliphatic heterocycles. The average molecular weight is 298 g/mol. The summed E-state index contributed by atoms with van der Waals surface area (Å²) in [6.07, 6.45) is 0. The Morgan fingerprint density at radius 2 is 2.00 bits per heavy atom. The lowest BCUT2D eigenvalue weighted by molar-refractivity contribution is 0.185. The van der Waals surface area contributed by atoms with Gasteiger partial charge in [0.15, 0.2) is 0 Å². The predicted octanol–water partition coefficient (Wildman–Crippen LogP) is 2.65. The molecule has 0 spiro atoms. The van der Waals surface area contributed by atoms with E-state index in [1.165, 1.54) is 0 Å². The zero-order valence-electron chi connectivity index (χ0n) is 12.0. The summed E-state index contributed by atoms with van der Waals surface area (Å²) in [5.74, 6) is 0. The van der Waals surface area contributed by atoms with Crippen LogP contribution in [0.3, 0.4) is 0 Å². The summed E-state index contributed by atoms with van der Waals surface area (Å²) in [5, 5.41) is 15.5. The molecule has 1 atom stereocenters. The molecule has 108 valence electrons. The standard InChI is InChI=1S/C16H18N4S/c1-12(20-8-6-18-7-9-20)16-19-15(11-21-16)14-4-2-13(10-17)3-5-14/h2-5,11-12,18H,6-9H2,1H3. The summed E-state index contributed by atoms with van der Waals surface area (Å²) in [5.41, 5.74) is 2.76. The summed E-state index contributed by atoms with van der Waals surface area (Å²) in [7, 11) is 0. The van der Waals surface area contributed by atoms with Crippen molar-refractivity contribution in [3.63, 3.8) is 0 Å². The molecule has 1 saturated heterocycles. The Morgan fingerprint density at radius 3 is 2.67 bits per heavy atom. The Balaban J connectivity index is 1.77. The van der Waals surface area contributed by atoms with Gasteiger partial charge in [-0.1, -0.05) is 12.1 Å².